The van der Waals surface area contributed by atoms with Crippen LogP contribution in [-0.2, 0) is 0 Å². The van der Waals surface area contributed by atoms with Crippen molar-refractivity contribution in [1.82, 2.24) is 10.3 Å². The standard InChI is InChI=1S/C12H14N2O2/c1-2-6-11-10(5-1)14-12(16-11)15-9-4-3-7-13-8-9/h1-2,5-6,9,13H,3-4,7-8H2. The lowest BCUT2D eigenvalue weighted by Crippen LogP contribution is -2.37. The molecule has 1 aromatic carbocycles. The van der Waals surface area contributed by atoms with E-state index >= 15 is 0 Å². The Hall–Kier alpha value is -1.55. The summed E-state index contributed by atoms with van der Waals surface area (Å²) in [6.07, 6.45) is 2.77. The zero-order valence-corrected chi connectivity index (χ0v) is 8.98. The van der Waals surface area contributed by atoms with Gasteiger partial charge in [-0.05, 0) is 31.5 Å². The molecule has 1 unspecified atom stereocenters. The van der Waals surface area contributed by atoms with E-state index in [1.165, 1.54) is 0 Å². The van der Waals surface area contributed by atoms with Crippen molar-refractivity contribution in [2.75, 3.05) is 13.1 Å². The molecule has 2 aromatic rings. The summed E-state index contributed by atoms with van der Waals surface area (Å²) in [6, 6.07) is 7.69. The second-order valence-corrected chi connectivity index (χ2v) is 4.03. The molecule has 1 aliphatic heterocycles. The number of aromatic nitrogens is 1. The Kier molecular flexibility index (Phi) is 2.50. The van der Waals surface area contributed by atoms with Crippen LogP contribution in [0.3, 0.4) is 0 Å². The van der Waals surface area contributed by atoms with Gasteiger partial charge >= 0.3 is 6.08 Å². The molecular weight excluding hydrogens is 204 g/mol. The van der Waals surface area contributed by atoms with Gasteiger partial charge in [0.1, 0.15) is 11.6 Å². The van der Waals surface area contributed by atoms with Crippen molar-refractivity contribution in [3.63, 3.8) is 0 Å². The van der Waals surface area contributed by atoms with Crippen LogP contribution in [0.5, 0.6) is 6.08 Å². The van der Waals surface area contributed by atoms with E-state index in [4.69, 9.17) is 9.15 Å². The van der Waals surface area contributed by atoms with Gasteiger partial charge in [0.15, 0.2) is 5.58 Å². The summed E-state index contributed by atoms with van der Waals surface area (Å²) in [4.78, 5) is 4.29. The maximum absolute atomic E-state index is 5.70. The molecule has 0 amide bonds. The minimum absolute atomic E-state index is 0.182. The van der Waals surface area contributed by atoms with Crippen LogP contribution in [0, 0.1) is 0 Å². The normalized spacial score (nSPS) is 21.1. The molecular formula is C12H14N2O2. The van der Waals surface area contributed by atoms with Gasteiger partial charge in [0.05, 0.1) is 0 Å². The average molecular weight is 218 g/mol. The van der Waals surface area contributed by atoms with E-state index in [1.54, 1.807) is 0 Å². The molecule has 1 saturated heterocycles. The van der Waals surface area contributed by atoms with Crippen molar-refractivity contribution in [2.45, 2.75) is 18.9 Å². The van der Waals surface area contributed by atoms with Gasteiger partial charge in [-0.1, -0.05) is 12.1 Å². The number of rotatable bonds is 2. The molecule has 2 heterocycles. The maximum Gasteiger partial charge on any atom is 0.394 e. The zero-order chi connectivity index (χ0) is 10.8. The molecule has 1 aliphatic rings. The minimum atomic E-state index is 0.182. The molecule has 1 atom stereocenters. The van der Waals surface area contributed by atoms with Crippen LogP contribution in [0.2, 0.25) is 0 Å². The first-order valence-corrected chi connectivity index (χ1v) is 5.65. The molecule has 4 nitrogen and oxygen atoms in total. The third kappa shape index (κ3) is 1.88. The van der Waals surface area contributed by atoms with Crippen LogP contribution in [0.25, 0.3) is 11.1 Å². The molecule has 0 bridgehead atoms. The summed E-state index contributed by atoms with van der Waals surface area (Å²) >= 11 is 0. The topological polar surface area (TPSA) is 47.3 Å². The summed E-state index contributed by atoms with van der Waals surface area (Å²) in [5.74, 6) is 0. The fourth-order valence-electron chi connectivity index (χ4n) is 1.96. The van der Waals surface area contributed by atoms with Crippen molar-refractivity contribution in [3.8, 4) is 6.08 Å². The second kappa shape index (κ2) is 4.14. The number of para-hydroxylation sites is 2. The van der Waals surface area contributed by atoms with E-state index in [0.717, 1.165) is 37.0 Å². The van der Waals surface area contributed by atoms with Gasteiger partial charge in [-0.3, -0.25) is 0 Å². The number of benzene rings is 1. The van der Waals surface area contributed by atoms with Crippen molar-refractivity contribution in [3.05, 3.63) is 24.3 Å². The molecule has 84 valence electrons. The Balaban J connectivity index is 1.78. The molecule has 1 fully saturated rings. The van der Waals surface area contributed by atoms with Crippen LogP contribution in [0.4, 0.5) is 0 Å². The smallest absolute Gasteiger partial charge is 0.394 e. The van der Waals surface area contributed by atoms with E-state index in [0.29, 0.717) is 6.08 Å². The van der Waals surface area contributed by atoms with Crippen LogP contribution >= 0.6 is 0 Å². The highest BCUT2D eigenvalue weighted by molar-refractivity contribution is 5.72. The summed E-state index contributed by atoms with van der Waals surface area (Å²) in [5.41, 5.74) is 1.63. The Morgan fingerprint density at radius 1 is 1.38 bits per heavy atom. The SMILES string of the molecule is c1ccc2oc(OC3CCCNC3)nc2c1. The highest BCUT2D eigenvalue weighted by Crippen LogP contribution is 2.21. The molecule has 3 rings (SSSR count). The first kappa shape index (κ1) is 9.66. The van der Waals surface area contributed by atoms with Gasteiger partial charge in [-0.2, -0.15) is 4.98 Å². The zero-order valence-electron chi connectivity index (χ0n) is 8.98. The lowest BCUT2D eigenvalue weighted by atomic mass is 10.1. The van der Waals surface area contributed by atoms with E-state index < -0.39 is 0 Å². The van der Waals surface area contributed by atoms with Gasteiger partial charge in [0.2, 0.25) is 0 Å². The van der Waals surface area contributed by atoms with E-state index in [2.05, 4.69) is 10.3 Å². The predicted molar refractivity (Wildman–Crippen MR) is 60.5 cm³/mol. The van der Waals surface area contributed by atoms with Crippen molar-refractivity contribution in [2.24, 2.45) is 0 Å². The fourth-order valence-corrected chi connectivity index (χ4v) is 1.96. The third-order valence-corrected chi connectivity index (χ3v) is 2.79. The Bertz CT molecular complexity index is 442. The predicted octanol–water partition coefficient (Wildman–Crippen LogP) is 1.96. The van der Waals surface area contributed by atoms with Crippen LogP contribution in [0.15, 0.2) is 28.7 Å². The minimum Gasteiger partial charge on any atom is -0.445 e. The lowest BCUT2D eigenvalue weighted by Gasteiger charge is -2.21. The van der Waals surface area contributed by atoms with E-state index in [1.807, 2.05) is 24.3 Å². The van der Waals surface area contributed by atoms with E-state index in [9.17, 15) is 0 Å². The van der Waals surface area contributed by atoms with Crippen molar-refractivity contribution < 1.29 is 9.15 Å². The molecule has 0 aliphatic carbocycles. The summed E-state index contributed by atoms with van der Waals surface area (Å²) in [5, 5.41) is 3.29. The van der Waals surface area contributed by atoms with Gasteiger partial charge in [0.25, 0.3) is 0 Å². The monoisotopic (exact) mass is 218 g/mol. The Labute approximate surface area is 93.6 Å². The second-order valence-electron chi connectivity index (χ2n) is 4.03. The van der Waals surface area contributed by atoms with E-state index in [-0.39, 0.29) is 6.10 Å². The largest absolute Gasteiger partial charge is 0.445 e. The van der Waals surface area contributed by atoms with Crippen LogP contribution in [-0.4, -0.2) is 24.2 Å². The Morgan fingerprint density at radius 3 is 3.12 bits per heavy atom. The third-order valence-electron chi connectivity index (χ3n) is 2.79. The molecule has 0 saturated carbocycles. The molecule has 4 heteroatoms. The number of piperidine rings is 1. The highest BCUT2D eigenvalue weighted by atomic mass is 16.6. The average Bonchev–Trinajstić information content (AvgIpc) is 2.72. The summed E-state index contributed by atoms with van der Waals surface area (Å²) < 4.78 is 11.2. The van der Waals surface area contributed by atoms with Gasteiger partial charge in [-0.15, -0.1) is 0 Å². The highest BCUT2D eigenvalue weighted by Gasteiger charge is 2.17. The molecule has 1 N–H and O–H groups in total. The summed E-state index contributed by atoms with van der Waals surface area (Å²) in [6.45, 7) is 1.95. The number of ether oxygens (including phenoxy) is 1. The molecule has 1 aromatic heterocycles. The lowest BCUT2D eigenvalue weighted by molar-refractivity contribution is 0.125. The van der Waals surface area contributed by atoms with Crippen LogP contribution < -0.4 is 10.1 Å². The van der Waals surface area contributed by atoms with Gasteiger partial charge in [-0.25, -0.2) is 0 Å². The first-order chi connectivity index (χ1) is 7.92. The number of hydrogen-bond donors (Lipinski definition) is 1. The molecule has 0 radical (unpaired) electrons. The Morgan fingerprint density at radius 2 is 2.31 bits per heavy atom. The fraction of sp³-hybridized carbons (Fsp3) is 0.417. The molecule has 0 spiro atoms. The first-order valence-electron chi connectivity index (χ1n) is 5.65. The quantitative estimate of drug-likeness (QED) is 0.837. The number of nitrogens with one attached hydrogen (secondary N) is 1. The maximum atomic E-state index is 5.70. The van der Waals surface area contributed by atoms with Crippen molar-refractivity contribution in [1.29, 1.82) is 0 Å². The van der Waals surface area contributed by atoms with Crippen LogP contribution in [0.1, 0.15) is 12.8 Å². The van der Waals surface area contributed by atoms with Crippen molar-refractivity contribution >= 4 is 11.1 Å². The molecule has 16 heavy (non-hydrogen) atoms. The summed E-state index contributed by atoms with van der Waals surface area (Å²) in [7, 11) is 0. The van der Waals surface area contributed by atoms with Gasteiger partial charge < -0.3 is 14.5 Å². The van der Waals surface area contributed by atoms with Gasteiger partial charge in [0, 0.05) is 6.54 Å². The number of hydrogen-bond acceptors (Lipinski definition) is 4. The number of fused-ring (bicyclic) bond motifs is 1. The number of oxazole rings is 1. The number of nitrogens with zero attached hydrogens (tertiary/aromatic N) is 1.